The van der Waals surface area contributed by atoms with Gasteiger partial charge < -0.3 is 10.6 Å². The molecule has 1 fully saturated rings. The predicted molar refractivity (Wildman–Crippen MR) is 79.5 cm³/mol. The summed E-state index contributed by atoms with van der Waals surface area (Å²) in [7, 11) is 0. The molecule has 0 spiro atoms. The lowest BCUT2D eigenvalue weighted by molar-refractivity contribution is -0.384. The molecule has 1 aromatic rings. The number of anilines is 1. The van der Waals surface area contributed by atoms with Crippen molar-refractivity contribution in [1.29, 1.82) is 0 Å². The molecular weight excluding hydrogens is 329 g/mol. The molecule has 0 aliphatic carbocycles. The molecule has 1 aromatic carbocycles. The van der Waals surface area contributed by atoms with E-state index in [2.05, 4.69) is 33.5 Å². The van der Waals surface area contributed by atoms with Crippen LogP contribution >= 0.6 is 15.9 Å². The molecule has 20 heavy (non-hydrogen) atoms. The van der Waals surface area contributed by atoms with Crippen LogP contribution in [0.25, 0.3) is 0 Å². The second-order valence-corrected chi connectivity index (χ2v) is 6.34. The van der Waals surface area contributed by atoms with Gasteiger partial charge in [-0.3, -0.25) is 10.1 Å². The number of benzene rings is 1. The second kappa shape index (κ2) is 6.05. The van der Waals surface area contributed by atoms with E-state index in [9.17, 15) is 14.5 Å². The quantitative estimate of drug-likeness (QED) is 0.649. The number of halogens is 2. The molecule has 1 aliphatic heterocycles. The van der Waals surface area contributed by atoms with Gasteiger partial charge in [-0.25, -0.2) is 4.39 Å². The molecule has 1 unspecified atom stereocenters. The van der Waals surface area contributed by atoms with E-state index >= 15 is 0 Å². The first kappa shape index (κ1) is 15.2. The SMILES string of the molecule is CC1(CNc2cc(Br)c(F)cc2[N+](=O)[O-])CCCNC1. The van der Waals surface area contributed by atoms with Crippen molar-refractivity contribution in [2.24, 2.45) is 5.41 Å². The summed E-state index contributed by atoms with van der Waals surface area (Å²) in [4.78, 5) is 10.4. The Kier molecular flexibility index (Phi) is 4.59. The van der Waals surface area contributed by atoms with E-state index in [0.29, 0.717) is 12.2 Å². The van der Waals surface area contributed by atoms with Crippen molar-refractivity contribution in [3.63, 3.8) is 0 Å². The molecule has 0 bridgehead atoms. The first-order valence-corrected chi connectivity index (χ1v) is 7.29. The van der Waals surface area contributed by atoms with Crippen molar-refractivity contribution in [2.75, 3.05) is 25.0 Å². The molecule has 0 amide bonds. The van der Waals surface area contributed by atoms with Crippen LogP contribution in [0.2, 0.25) is 0 Å². The lowest BCUT2D eigenvalue weighted by atomic mass is 9.83. The molecule has 7 heteroatoms. The van der Waals surface area contributed by atoms with Crippen LogP contribution in [0, 0.1) is 21.3 Å². The van der Waals surface area contributed by atoms with Crippen LogP contribution < -0.4 is 10.6 Å². The number of nitrogens with one attached hydrogen (secondary N) is 2. The summed E-state index contributed by atoms with van der Waals surface area (Å²) in [5.74, 6) is -0.632. The number of rotatable bonds is 4. The normalized spacial score (nSPS) is 22.6. The summed E-state index contributed by atoms with van der Waals surface area (Å²) in [5, 5.41) is 17.4. The first-order chi connectivity index (χ1) is 9.41. The molecule has 1 atom stereocenters. The number of nitro benzene ring substituents is 1. The van der Waals surface area contributed by atoms with Crippen LogP contribution in [-0.2, 0) is 0 Å². The van der Waals surface area contributed by atoms with Gasteiger partial charge in [0.2, 0.25) is 0 Å². The summed E-state index contributed by atoms with van der Waals surface area (Å²) in [5.41, 5.74) is 0.153. The van der Waals surface area contributed by atoms with Gasteiger partial charge in [-0.1, -0.05) is 6.92 Å². The maximum absolute atomic E-state index is 13.4. The highest BCUT2D eigenvalue weighted by Gasteiger charge is 2.27. The Balaban J connectivity index is 2.16. The smallest absolute Gasteiger partial charge is 0.295 e. The largest absolute Gasteiger partial charge is 0.379 e. The standard InChI is InChI=1S/C13H17BrFN3O2/c1-13(3-2-4-16-7-13)8-17-11-5-9(14)10(15)6-12(11)18(19)20/h5-6,16-17H,2-4,7-8H2,1H3. The maximum atomic E-state index is 13.4. The van der Waals surface area contributed by atoms with E-state index in [1.54, 1.807) is 0 Å². The fourth-order valence-electron chi connectivity index (χ4n) is 2.41. The number of piperidine rings is 1. The summed E-state index contributed by atoms with van der Waals surface area (Å²) in [6.45, 7) is 4.63. The minimum Gasteiger partial charge on any atom is -0.379 e. The van der Waals surface area contributed by atoms with Crippen molar-refractivity contribution < 1.29 is 9.31 Å². The average Bonchev–Trinajstić information content (AvgIpc) is 2.40. The number of hydrogen-bond donors (Lipinski definition) is 2. The van der Waals surface area contributed by atoms with Crippen LogP contribution in [0.1, 0.15) is 19.8 Å². The monoisotopic (exact) mass is 345 g/mol. The highest BCUT2D eigenvalue weighted by atomic mass is 79.9. The van der Waals surface area contributed by atoms with Gasteiger partial charge in [-0.15, -0.1) is 0 Å². The zero-order valence-electron chi connectivity index (χ0n) is 11.2. The third kappa shape index (κ3) is 3.46. The molecular formula is C13H17BrFN3O2. The Morgan fingerprint density at radius 2 is 2.35 bits per heavy atom. The van der Waals surface area contributed by atoms with Crippen LogP contribution in [0.4, 0.5) is 15.8 Å². The van der Waals surface area contributed by atoms with Crippen LogP contribution in [0.3, 0.4) is 0 Å². The molecule has 0 radical (unpaired) electrons. The van der Waals surface area contributed by atoms with E-state index in [1.165, 1.54) is 6.07 Å². The van der Waals surface area contributed by atoms with E-state index < -0.39 is 10.7 Å². The summed E-state index contributed by atoms with van der Waals surface area (Å²) in [6, 6.07) is 2.36. The van der Waals surface area contributed by atoms with Crippen molar-refractivity contribution >= 4 is 27.3 Å². The molecule has 1 aliphatic rings. The minimum absolute atomic E-state index is 0.0486. The third-order valence-electron chi connectivity index (χ3n) is 3.63. The molecule has 5 nitrogen and oxygen atoms in total. The van der Waals surface area contributed by atoms with Gasteiger partial charge in [0.05, 0.1) is 15.5 Å². The molecule has 0 aromatic heterocycles. The van der Waals surface area contributed by atoms with Crippen LogP contribution in [-0.4, -0.2) is 24.6 Å². The van der Waals surface area contributed by atoms with E-state index in [-0.39, 0.29) is 15.6 Å². The summed E-state index contributed by atoms with van der Waals surface area (Å²) >= 11 is 3.06. The molecule has 1 heterocycles. The second-order valence-electron chi connectivity index (χ2n) is 5.49. The molecule has 2 N–H and O–H groups in total. The average molecular weight is 346 g/mol. The topological polar surface area (TPSA) is 67.2 Å². The minimum atomic E-state index is -0.632. The molecule has 2 rings (SSSR count). The van der Waals surface area contributed by atoms with Crippen LogP contribution in [0.15, 0.2) is 16.6 Å². The van der Waals surface area contributed by atoms with Crippen molar-refractivity contribution in [3.8, 4) is 0 Å². The summed E-state index contributed by atoms with van der Waals surface area (Å²) < 4.78 is 13.6. The van der Waals surface area contributed by atoms with Gasteiger partial charge in [-0.05, 0) is 46.8 Å². The van der Waals surface area contributed by atoms with Gasteiger partial charge in [0.1, 0.15) is 11.5 Å². The Morgan fingerprint density at radius 3 is 2.95 bits per heavy atom. The number of hydrogen-bond acceptors (Lipinski definition) is 4. The fourth-order valence-corrected chi connectivity index (χ4v) is 2.75. The van der Waals surface area contributed by atoms with Gasteiger partial charge in [0.15, 0.2) is 0 Å². The van der Waals surface area contributed by atoms with Crippen molar-refractivity contribution in [3.05, 3.63) is 32.5 Å². The number of nitrogens with zero attached hydrogens (tertiary/aromatic N) is 1. The first-order valence-electron chi connectivity index (χ1n) is 6.49. The Hall–Kier alpha value is -1.21. The lowest BCUT2D eigenvalue weighted by Gasteiger charge is -2.34. The third-order valence-corrected chi connectivity index (χ3v) is 4.23. The van der Waals surface area contributed by atoms with E-state index in [4.69, 9.17) is 0 Å². The van der Waals surface area contributed by atoms with Crippen molar-refractivity contribution in [1.82, 2.24) is 5.32 Å². The molecule has 110 valence electrons. The van der Waals surface area contributed by atoms with E-state index in [1.807, 2.05) is 0 Å². The molecule has 0 saturated carbocycles. The lowest BCUT2D eigenvalue weighted by Crippen LogP contribution is -2.42. The summed E-state index contributed by atoms with van der Waals surface area (Å²) in [6.07, 6.45) is 2.15. The van der Waals surface area contributed by atoms with E-state index in [0.717, 1.165) is 32.0 Å². The van der Waals surface area contributed by atoms with Gasteiger partial charge in [0, 0.05) is 13.1 Å². The van der Waals surface area contributed by atoms with Crippen LogP contribution in [0.5, 0.6) is 0 Å². The number of nitro groups is 1. The predicted octanol–water partition coefficient (Wildman–Crippen LogP) is 3.30. The fraction of sp³-hybridized carbons (Fsp3) is 0.538. The van der Waals surface area contributed by atoms with Gasteiger partial charge in [-0.2, -0.15) is 0 Å². The highest BCUT2D eigenvalue weighted by Crippen LogP contribution is 2.32. The zero-order chi connectivity index (χ0) is 14.8. The highest BCUT2D eigenvalue weighted by molar-refractivity contribution is 9.10. The Labute approximate surface area is 125 Å². The Bertz CT molecular complexity index is 519. The van der Waals surface area contributed by atoms with Crippen molar-refractivity contribution in [2.45, 2.75) is 19.8 Å². The maximum Gasteiger partial charge on any atom is 0.295 e. The van der Waals surface area contributed by atoms with Gasteiger partial charge in [0.25, 0.3) is 5.69 Å². The Morgan fingerprint density at radius 1 is 1.60 bits per heavy atom. The molecule has 1 saturated heterocycles. The van der Waals surface area contributed by atoms with Gasteiger partial charge >= 0.3 is 0 Å². The zero-order valence-corrected chi connectivity index (χ0v) is 12.8.